The van der Waals surface area contributed by atoms with Crippen LogP contribution in [0.2, 0.25) is 0 Å². The van der Waals surface area contributed by atoms with E-state index in [1.165, 1.54) is 25.0 Å². The molecule has 0 radical (unpaired) electrons. The molecule has 1 N–H and O–H groups in total. The summed E-state index contributed by atoms with van der Waals surface area (Å²) < 4.78 is 31.4. The third kappa shape index (κ3) is 2.54. The van der Waals surface area contributed by atoms with Crippen molar-refractivity contribution >= 4 is 0 Å². The van der Waals surface area contributed by atoms with Gasteiger partial charge in [-0.15, -0.1) is 0 Å². The number of nitrogens with one attached hydrogen (secondary N) is 1. The summed E-state index contributed by atoms with van der Waals surface area (Å²) in [5.74, 6) is -0.181. The Labute approximate surface area is 105 Å². The van der Waals surface area contributed by atoms with E-state index in [2.05, 4.69) is 5.32 Å². The van der Waals surface area contributed by atoms with E-state index in [9.17, 15) is 8.78 Å². The van der Waals surface area contributed by atoms with Crippen LogP contribution in [0.5, 0.6) is 0 Å². The van der Waals surface area contributed by atoms with Crippen LogP contribution >= 0.6 is 0 Å². The number of benzene rings is 1. The molecule has 1 aromatic carbocycles. The van der Waals surface area contributed by atoms with Gasteiger partial charge in [-0.3, -0.25) is 0 Å². The lowest BCUT2D eigenvalue weighted by Gasteiger charge is -2.18. The molecule has 0 bridgehead atoms. The minimum absolute atomic E-state index is 0.352. The van der Waals surface area contributed by atoms with Gasteiger partial charge in [0.1, 0.15) is 0 Å². The molecule has 1 heterocycles. The molecular formula is C14H17F2NO. The number of hydrogen-bond acceptors (Lipinski definition) is 2. The first kappa shape index (κ1) is 12.1. The van der Waals surface area contributed by atoms with Crippen molar-refractivity contribution in [2.24, 2.45) is 11.8 Å². The summed E-state index contributed by atoms with van der Waals surface area (Å²) in [7, 11) is 0. The van der Waals surface area contributed by atoms with Crippen LogP contribution in [0.25, 0.3) is 0 Å². The highest BCUT2D eigenvalue weighted by Gasteiger charge is 2.39. The van der Waals surface area contributed by atoms with Crippen LogP contribution in [-0.2, 0) is 11.3 Å². The first-order valence-electron chi connectivity index (χ1n) is 6.49. The average molecular weight is 253 g/mol. The van der Waals surface area contributed by atoms with Gasteiger partial charge in [0.2, 0.25) is 0 Å². The van der Waals surface area contributed by atoms with Crippen molar-refractivity contribution in [2.75, 3.05) is 13.2 Å². The molecule has 3 rings (SSSR count). The minimum Gasteiger partial charge on any atom is -0.379 e. The maximum Gasteiger partial charge on any atom is 0.159 e. The van der Waals surface area contributed by atoms with Crippen LogP contribution in [0.3, 0.4) is 0 Å². The van der Waals surface area contributed by atoms with Crippen LogP contribution in [0, 0.1) is 23.5 Å². The van der Waals surface area contributed by atoms with E-state index in [-0.39, 0.29) is 0 Å². The van der Waals surface area contributed by atoms with Crippen LogP contribution in [0.1, 0.15) is 18.4 Å². The molecule has 0 aromatic heterocycles. The zero-order valence-electron chi connectivity index (χ0n) is 10.2. The fourth-order valence-corrected chi connectivity index (χ4v) is 2.67. The molecule has 1 aliphatic carbocycles. The Morgan fingerprint density at radius 3 is 2.72 bits per heavy atom. The van der Waals surface area contributed by atoms with Crippen molar-refractivity contribution in [3.63, 3.8) is 0 Å². The van der Waals surface area contributed by atoms with E-state index < -0.39 is 11.6 Å². The van der Waals surface area contributed by atoms with Gasteiger partial charge < -0.3 is 10.1 Å². The van der Waals surface area contributed by atoms with Crippen LogP contribution in [0.4, 0.5) is 8.78 Å². The second kappa shape index (κ2) is 4.94. The van der Waals surface area contributed by atoms with Gasteiger partial charge in [-0.05, 0) is 36.5 Å². The minimum atomic E-state index is -0.793. The van der Waals surface area contributed by atoms with Crippen molar-refractivity contribution in [1.82, 2.24) is 5.32 Å². The van der Waals surface area contributed by atoms with Crippen molar-refractivity contribution in [2.45, 2.75) is 25.4 Å². The third-order valence-electron chi connectivity index (χ3n) is 3.90. The molecule has 1 saturated heterocycles. The van der Waals surface area contributed by atoms with E-state index in [0.29, 0.717) is 18.5 Å². The summed E-state index contributed by atoms with van der Waals surface area (Å²) in [6.45, 7) is 2.12. The lowest BCUT2D eigenvalue weighted by atomic mass is 9.98. The number of halogens is 2. The largest absolute Gasteiger partial charge is 0.379 e. The average Bonchev–Trinajstić information content (AvgIpc) is 3.10. The molecule has 4 heteroatoms. The molecule has 0 amide bonds. The fourth-order valence-electron chi connectivity index (χ4n) is 2.67. The second-order valence-corrected chi connectivity index (χ2v) is 5.27. The Kier molecular flexibility index (Phi) is 3.31. The number of hydrogen-bond donors (Lipinski definition) is 1. The van der Waals surface area contributed by atoms with Crippen molar-refractivity contribution in [3.8, 4) is 0 Å². The lowest BCUT2D eigenvalue weighted by Crippen LogP contribution is -2.36. The highest BCUT2D eigenvalue weighted by atomic mass is 19.2. The predicted octanol–water partition coefficient (Wildman–Crippen LogP) is 2.48. The van der Waals surface area contributed by atoms with Crippen molar-refractivity contribution in [1.29, 1.82) is 0 Å². The van der Waals surface area contributed by atoms with Crippen LogP contribution in [-0.4, -0.2) is 19.3 Å². The Morgan fingerprint density at radius 1 is 1.17 bits per heavy atom. The molecule has 1 saturated carbocycles. The second-order valence-electron chi connectivity index (χ2n) is 5.27. The van der Waals surface area contributed by atoms with E-state index in [0.717, 1.165) is 24.7 Å². The SMILES string of the molecule is Fc1ccc(CNC2COCC2C2CC2)cc1F. The third-order valence-corrected chi connectivity index (χ3v) is 3.90. The Bertz CT molecular complexity index is 434. The van der Waals surface area contributed by atoms with Gasteiger partial charge in [0, 0.05) is 18.5 Å². The summed E-state index contributed by atoms with van der Waals surface area (Å²) in [6.07, 6.45) is 2.61. The van der Waals surface area contributed by atoms with Crippen molar-refractivity contribution < 1.29 is 13.5 Å². The summed E-state index contributed by atoms with van der Waals surface area (Å²) in [4.78, 5) is 0. The first-order chi connectivity index (χ1) is 8.74. The van der Waals surface area contributed by atoms with Gasteiger partial charge >= 0.3 is 0 Å². The summed E-state index contributed by atoms with van der Waals surface area (Å²) >= 11 is 0. The molecule has 2 fully saturated rings. The zero-order valence-corrected chi connectivity index (χ0v) is 10.2. The van der Waals surface area contributed by atoms with Gasteiger partial charge in [0.05, 0.1) is 13.2 Å². The smallest absolute Gasteiger partial charge is 0.159 e. The molecule has 2 unspecified atom stereocenters. The maximum absolute atomic E-state index is 13.1. The zero-order chi connectivity index (χ0) is 12.5. The van der Waals surface area contributed by atoms with E-state index >= 15 is 0 Å². The van der Waals surface area contributed by atoms with Gasteiger partial charge in [-0.2, -0.15) is 0 Å². The van der Waals surface area contributed by atoms with Gasteiger partial charge in [-0.25, -0.2) is 8.78 Å². The maximum atomic E-state index is 13.1. The monoisotopic (exact) mass is 253 g/mol. The number of rotatable bonds is 4. The van der Waals surface area contributed by atoms with Gasteiger partial charge in [0.15, 0.2) is 11.6 Å². The van der Waals surface area contributed by atoms with E-state index in [1.807, 2.05) is 0 Å². The molecule has 2 aliphatic rings. The topological polar surface area (TPSA) is 21.3 Å². The number of ether oxygens (including phenoxy) is 1. The first-order valence-corrected chi connectivity index (χ1v) is 6.49. The van der Waals surface area contributed by atoms with Crippen LogP contribution in [0.15, 0.2) is 18.2 Å². The highest BCUT2D eigenvalue weighted by molar-refractivity contribution is 5.17. The van der Waals surface area contributed by atoms with E-state index in [4.69, 9.17) is 4.74 Å². The molecular weight excluding hydrogens is 236 g/mol. The summed E-state index contributed by atoms with van der Waals surface area (Å²) in [6, 6.07) is 4.40. The molecule has 2 atom stereocenters. The normalized spacial score (nSPS) is 27.7. The standard InChI is InChI=1S/C14H17F2NO/c15-12-4-1-9(5-13(12)16)6-17-14-8-18-7-11(14)10-2-3-10/h1,4-5,10-11,14,17H,2-3,6-8H2. The Balaban J connectivity index is 1.58. The molecule has 0 spiro atoms. The predicted molar refractivity (Wildman–Crippen MR) is 64.0 cm³/mol. The van der Waals surface area contributed by atoms with Gasteiger partial charge in [0.25, 0.3) is 0 Å². The molecule has 1 aliphatic heterocycles. The van der Waals surface area contributed by atoms with Crippen molar-refractivity contribution in [3.05, 3.63) is 35.4 Å². The van der Waals surface area contributed by atoms with E-state index in [1.54, 1.807) is 6.07 Å². The molecule has 98 valence electrons. The van der Waals surface area contributed by atoms with Gasteiger partial charge in [-0.1, -0.05) is 6.07 Å². The Hall–Kier alpha value is -1.00. The molecule has 1 aromatic rings. The fraction of sp³-hybridized carbons (Fsp3) is 0.571. The Morgan fingerprint density at radius 2 is 2.00 bits per heavy atom. The summed E-state index contributed by atoms with van der Waals surface area (Å²) in [5, 5.41) is 3.40. The molecule has 18 heavy (non-hydrogen) atoms. The van der Waals surface area contributed by atoms with Crippen LogP contribution < -0.4 is 5.32 Å². The summed E-state index contributed by atoms with van der Waals surface area (Å²) in [5.41, 5.74) is 0.773. The lowest BCUT2D eigenvalue weighted by molar-refractivity contribution is 0.180. The quantitative estimate of drug-likeness (QED) is 0.890. The highest BCUT2D eigenvalue weighted by Crippen LogP contribution is 2.40. The molecule has 2 nitrogen and oxygen atoms in total.